The van der Waals surface area contributed by atoms with Gasteiger partial charge in [0.1, 0.15) is 29.1 Å². The zero-order valence-electron chi connectivity index (χ0n) is 22.6. The molecule has 3 aromatic rings. The van der Waals surface area contributed by atoms with Crippen LogP contribution in [-0.2, 0) is 9.16 Å². The fourth-order valence-corrected chi connectivity index (χ4v) is 12.4. The molecule has 0 bridgehead atoms. The number of hydrogen-bond acceptors (Lipinski definition) is 8. The Kier molecular flexibility index (Phi) is 8.30. The lowest BCUT2D eigenvalue weighted by molar-refractivity contribution is -0.0458. The predicted octanol–water partition coefficient (Wildman–Crippen LogP) is 5.85. The molecule has 0 aliphatic carbocycles. The van der Waals surface area contributed by atoms with Gasteiger partial charge in [-0.05, 0) is 41.2 Å². The highest BCUT2D eigenvalue weighted by atomic mass is 32.2. The van der Waals surface area contributed by atoms with Gasteiger partial charge in [0.15, 0.2) is 11.9 Å². The average molecular weight is 548 g/mol. The van der Waals surface area contributed by atoms with Crippen molar-refractivity contribution in [2.75, 3.05) is 12.3 Å². The van der Waals surface area contributed by atoms with E-state index in [1.165, 1.54) is 24.2 Å². The van der Waals surface area contributed by atoms with Gasteiger partial charge in [-0.3, -0.25) is 0 Å². The summed E-state index contributed by atoms with van der Waals surface area (Å²) < 4.78 is 29.7. The number of aryl methyl sites for hydroxylation is 1. The van der Waals surface area contributed by atoms with E-state index in [1.807, 2.05) is 13.0 Å². The highest BCUT2D eigenvalue weighted by Gasteiger charge is 2.50. The Bertz CT molecular complexity index is 1230. The molecule has 1 aromatic carbocycles. The molecule has 3 heterocycles. The van der Waals surface area contributed by atoms with Crippen LogP contribution in [0.1, 0.15) is 59.8 Å². The lowest BCUT2D eigenvalue weighted by Gasteiger charge is -2.44. The van der Waals surface area contributed by atoms with Crippen LogP contribution < -0.4 is 5.73 Å². The summed E-state index contributed by atoms with van der Waals surface area (Å²) in [5.74, 6) is -0.0620. The minimum atomic E-state index is -2.21. The number of benzene rings is 1. The van der Waals surface area contributed by atoms with Gasteiger partial charge in [0.05, 0.1) is 18.1 Å². The van der Waals surface area contributed by atoms with Crippen LogP contribution in [0.15, 0.2) is 34.4 Å². The second-order valence-corrected chi connectivity index (χ2v) is 17.2. The third-order valence-electron chi connectivity index (χ3n) is 7.48. The average Bonchev–Trinajstić information content (AvgIpc) is 3.40. The number of hydrogen-bond donors (Lipinski definition) is 2. The zero-order chi connectivity index (χ0) is 27.1. The second-order valence-electron chi connectivity index (χ2n) is 10.8. The van der Waals surface area contributed by atoms with E-state index in [0.29, 0.717) is 44.0 Å². The molecule has 8 nitrogen and oxygen atoms in total. The first kappa shape index (κ1) is 28.0. The Hall–Kier alpha value is -2.05. The molecule has 37 heavy (non-hydrogen) atoms. The molecule has 3 N–H and O–H groups in total. The van der Waals surface area contributed by atoms with Crippen LogP contribution in [0.5, 0.6) is 0 Å². The molecule has 0 spiro atoms. The smallest absolute Gasteiger partial charge is 0.200 e. The van der Waals surface area contributed by atoms with Crippen LogP contribution in [0.2, 0.25) is 16.6 Å². The topological polar surface area (TPSA) is 108 Å². The van der Waals surface area contributed by atoms with Gasteiger partial charge in [-0.2, -0.15) is 5.10 Å². The predicted molar refractivity (Wildman–Crippen MR) is 147 cm³/mol. The molecule has 202 valence electrons. The van der Waals surface area contributed by atoms with Gasteiger partial charge >= 0.3 is 0 Å². The normalized spacial score (nSPS) is 20.7. The number of rotatable bonds is 9. The third kappa shape index (κ3) is 5.16. The third-order valence-corrected chi connectivity index (χ3v) is 14.6. The Morgan fingerprint density at radius 2 is 1.86 bits per heavy atom. The summed E-state index contributed by atoms with van der Waals surface area (Å²) in [4.78, 5) is 9.03. The number of nitrogens with zero attached hydrogens (tertiary/aromatic N) is 4. The lowest BCUT2D eigenvalue weighted by atomic mass is 10.2. The van der Waals surface area contributed by atoms with Crippen molar-refractivity contribution >= 4 is 36.9 Å². The number of ether oxygens (including phenoxy) is 1. The fraction of sp³-hybridized carbons (Fsp3) is 0.577. The van der Waals surface area contributed by atoms with Crippen molar-refractivity contribution in [1.82, 2.24) is 19.7 Å². The minimum absolute atomic E-state index is 0.160. The molecule has 1 aliphatic heterocycles. The van der Waals surface area contributed by atoms with Crippen LogP contribution in [0.4, 0.5) is 10.2 Å². The van der Waals surface area contributed by atoms with E-state index in [4.69, 9.17) is 20.0 Å². The SMILES string of the molecule is Cc1ccc(Sc2nn([C@@H]3C[C@@H](O[Si](C(C)C)(C(C)C)C(C)C)[C@@H](CO)O3)c3ncnc(N)c23)c(F)c1. The van der Waals surface area contributed by atoms with Crippen molar-refractivity contribution in [2.24, 2.45) is 0 Å². The number of nitrogens with two attached hydrogens (primary N) is 1. The number of halogens is 1. The van der Waals surface area contributed by atoms with Crippen molar-refractivity contribution in [3.05, 3.63) is 35.9 Å². The van der Waals surface area contributed by atoms with Gasteiger partial charge < -0.3 is 20.0 Å². The van der Waals surface area contributed by atoms with Crippen LogP contribution in [-0.4, -0.2) is 52.0 Å². The highest BCUT2D eigenvalue weighted by molar-refractivity contribution is 7.99. The summed E-state index contributed by atoms with van der Waals surface area (Å²) >= 11 is 1.18. The fourth-order valence-electron chi connectivity index (χ4n) is 5.84. The Morgan fingerprint density at radius 1 is 1.19 bits per heavy atom. The van der Waals surface area contributed by atoms with E-state index in [9.17, 15) is 9.50 Å². The van der Waals surface area contributed by atoms with E-state index in [0.717, 1.165) is 5.56 Å². The number of aromatic nitrogens is 4. The van der Waals surface area contributed by atoms with Crippen molar-refractivity contribution in [2.45, 2.75) is 99.9 Å². The standard InChI is InChI=1S/C26H38FN5O3SSi/c1-14(2)37(15(3)4,16(5)6)35-19-11-22(34-20(19)12-33)32-25-23(24(28)29-13-30-25)26(31-32)36-21-9-8-17(7)10-18(21)27/h8-10,13-16,19-20,22,33H,11-12H2,1-7H3,(H2,28,29,30)/t19-,20-,22+/m1/s1. The molecule has 0 radical (unpaired) electrons. The maximum Gasteiger partial charge on any atom is 0.200 e. The van der Waals surface area contributed by atoms with E-state index >= 15 is 0 Å². The number of aliphatic hydroxyl groups is 1. The van der Waals surface area contributed by atoms with Crippen LogP contribution in [0, 0.1) is 12.7 Å². The molecular formula is C26H38FN5O3SSi. The molecule has 2 aromatic heterocycles. The largest absolute Gasteiger partial charge is 0.410 e. The number of fused-ring (bicyclic) bond motifs is 1. The first-order valence-corrected chi connectivity index (χ1v) is 15.8. The Balaban J connectivity index is 1.70. The second kappa shape index (κ2) is 11.0. The molecule has 1 saturated heterocycles. The summed E-state index contributed by atoms with van der Waals surface area (Å²) in [6, 6.07) is 5.07. The Morgan fingerprint density at radius 3 is 2.46 bits per heavy atom. The maximum atomic E-state index is 14.7. The summed E-state index contributed by atoms with van der Waals surface area (Å²) in [6.07, 6.45) is 0.609. The molecular weight excluding hydrogens is 509 g/mol. The van der Waals surface area contributed by atoms with Crippen molar-refractivity contribution in [3.63, 3.8) is 0 Å². The molecule has 11 heteroatoms. The number of aliphatic hydroxyl groups excluding tert-OH is 1. The molecule has 0 saturated carbocycles. The summed E-state index contributed by atoms with van der Waals surface area (Å²) in [5.41, 5.74) is 8.78. The molecule has 1 fully saturated rings. The van der Waals surface area contributed by atoms with Gasteiger partial charge in [0.25, 0.3) is 0 Å². The van der Waals surface area contributed by atoms with E-state index in [2.05, 4.69) is 51.5 Å². The first-order valence-electron chi connectivity index (χ1n) is 12.9. The minimum Gasteiger partial charge on any atom is -0.410 e. The van der Waals surface area contributed by atoms with Gasteiger partial charge in [0, 0.05) is 11.3 Å². The quantitative estimate of drug-likeness (QED) is 0.321. The summed E-state index contributed by atoms with van der Waals surface area (Å²) in [5, 5.41) is 16.0. The zero-order valence-corrected chi connectivity index (χ0v) is 24.4. The lowest BCUT2D eigenvalue weighted by Crippen LogP contribution is -2.51. The van der Waals surface area contributed by atoms with Crippen LogP contribution >= 0.6 is 11.8 Å². The maximum absolute atomic E-state index is 14.7. The van der Waals surface area contributed by atoms with Crippen molar-refractivity contribution in [3.8, 4) is 0 Å². The van der Waals surface area contributed by atoms with Gasteiger partial charge in [-0.25, -0.2) is 19.0 Å². The van der Waals surface area contributed by atoms with Gasteiger partial charge in [-0.15, -0.1) is 0 Å². The summed E-state index contributed by atoms with van der Waals surface area (Å²) in [7, 11) is -2.21. The summed E-state index contributed by atoms with van der Waals surface area (Å²) in [6.45, 7) is 15.1. The first-order chi connectivity index (χ1) is 17.5. The van der Waals surface area contributed by atoms with E-state index < -0.39 is 20.6 Å². The molecule has 0 unspecified atom stereocenters. The molecule has 1 aliphatic rings. The molecule has 0 amide bonds. The van der Waals surface area contributed by atoms with E-state index in [-0.39, 0.29) is 24.3 Å². The van der Waals surface area contributed by atoms with Crippen LogP contribution in [0.25, 0.3) is 11.0 Å². The monoisotopic (exact) mass is 547 g/mol. The number of anilines is 1. The molecule has 4 rings (SSSR count). The highest BCUT2D eigenvalue weighted by Crippen LogP contribution is 2.46. The van der Waals surface area contributed by atoms with Crippen molar-refractivity contribution < 1.29 is 18.7 Å². The van der Waals surface area contributed by atoms with Crippen LogP contribution in [0.3, 0.4) is 0 Å². The van der Waals surface area contributed by atoms with E-state index in [1.54, 1.807) is 10.7 Å². The van der Waals surface area contributed by atoms with Crippen molar-refractivity contribution in [1.29, 1.82) is 0 Å². The Labute approximate surface area is 223 Å². The number of nitrogen functional groups attached to an aromatic ring is 1. The van der Waals surface area contributed by atoms with Gasteiger partial charge in [0.2, 0.25) is 8.32 Å². The molecule has 3 atom stereocenters. The van der Waals surface area contributed by atoms with Gasteiger partial charge in [-0.1, -0.05) is 59.4 Å².